The molecule has 0 aliphatic carbocycles. The summed E-state index contributed by atoms with van der Waals surface area (Å²) in [5.74, 6) is 1.16. The van der Waals surface area contributed by atoms with Crippen molar-refractivity contribution in [1.29, 1.82) is 0 Å². The molecule has 4 rings (SSSR count). The predicted octanol–water partition coefficient (Wildman–Crippen LogP) is 5.79. The summed E-state index contributed by atoms with van der Waals surface area (Å²) < 4.78 is 37.8. The molecule has 0 bridgehead atoms. The van der Waals surface area contributed by atoms with Crippen molar-refractivity contribution in [2.45, 2.75) is 24.9 Å². The Morgan fingerprint density at radius 3 is 2.10 bits per heavy atom. The lowest BCUT2D eigenvalue weighted by Gasteiger charge is -2.23. The van der Waals surface area contributed by atoms with E-state index in [1.54, 1.807) is 12.3 Å². The van der Waals surface area contributed by atoms with Crippen LogP contribution in [0.2, 0.25) is 0 Å². The van der Waals surface area contributed by atoms with Gasteiger partial charge in [0.15, 0.2) is 0 Å². The van der Waals surface area contributed by atoms with E-state index < -0.39 is 11.9 Å². The van der Waals surface area contributed by atoms with Crippen LogP contribution in [0.4, 0.5) is 24.7 Å². The number of hydrogen-bond acceptors (Lipinski definition) is 4. The number of anilines is 2. The second-order valence-electron chi connectivity index (χ2n) is 7.13. The number of nitrogens with zero attached hydrogens (tertiary/aromatic N) is 2. The van der Waals surface area contributed by atoms with E-state index in [1.807, 2.05) is 6.07 Å². The molecule has 30 heavy (non-hydrogen) atoms. The van der Waals surface area contributed by atoms with E-state index in [1.165, 1.54) is 24.5 Å². The quantitative estimate of drug-likeness (QED) is 0.545. The van der Waals surface area contributed by atoms with Gasteiger partial charge in [0.1, 0.15) is 11.5 Å². The fourth-order valence-corrected chi connectivity index (χ4v) is 3.52. The van der Waals surface area contributed by atoms with Gasteiger partial charge in [-0.2, -0.15) is 13.2 Å². The highest BCUT2D eigenvalue weighted by molar-refractivity contribution is 5.85. The third-order valence-electron chi connectivity index (χ3n) is 5.14. The van der Waals surface area contributed by atoms with Crippen LogP contribution in [0.15, 0.2) is 60.9 Å². The third-order valence-corrected chi connectivity index (χ3v) is 5.14. The van der Waals surface area contributed by atoms with Crippen LogP contribution in [-0.2, 0) is 6.18 Å². The topological polar surface area (TPSA) is 49.8 Å². The standard InChI is InChI=1S/C22H21F3N4.ClH/c23-22(24,25)20-7-6-19(14-27-20)29-21-8-5-18(13-28-21)16-3-1-15(2-4-16)17-9-11-26-12-10-17;/h1-8,13-14,17,26H,9-12H2,(H,28,29);1H. The summed E-state index contributed by atoms with van der Waals surface area (Å²) in [6, 6.07) is 14.6. The molecular weight excluding hydrogens is 413 g/mol. The zero-order valence-corrected chi connectivity index (χ0v) is 16.9. The van der Waals surface area contributed by atoms with Gasteiger partial charge in [-0.3, -0.25) is 0 Å². The van der Waals surface area contributed by atoms with Gasteiger partial charge >= 0.3 is 6.18 Å². The Hall–Kier alpha value is -2.64. The summed E-state index contributed by atoms with van der Waals surface area (Å²) in [5.41, 5.74) is 2.97. The first kappa shape index (κ1) is 22.1. The molecule has 158 valence electrons. The number of benzene rings is 1. The number of nitrogens with one attached hydrogen (secondary N) is 2. The first-order valence-corrected chi connectivity index (χ1v) is 9.56. The Morgan fingerprint density at radius 1 is 0.833 bits per heavy atom. The van der Waals surface area contributed by atoms with Crippen LogP contribution in [0.3, 0.4) is 0 Å². The average Bonchev–Trinajstić information content (AvgIpc) is 2.75. The van der Waals surface area contributed by atoms with E-state index in [2.05, 4.69) is 44.9 Å². The van der Waals surface area contributed by atoms with Crippen LogP contribution in [0, 0.1) is 0 Å². The van der Waals surface area contributed by atoms with Crippen LogP contribution in [0.25, 0.3) is 11.1 Å². The number of alkyl halides is 3. The normalized spacial score (nSPS) is 14.8. The van der Waals surface area contributed by atoms with Gasteiger partial charge in [0.2, 0.25) is 0 Å². The maximum atomic E-state index is 12.6. The van der Waals surface area contributed by atoms with Crippen molar-refractivity contribution < 1.29 is 13.2 Å². The monoisotopic (exact) mass is 434 g/mol. The number of piperidine rings is 1. The van der Waals surface area contributed by atoms with Crippen molar-refractivity contribution in [3.63, 3.8) is 0 Å². The van der Waals surface area contributed by atoms with Gasteiger partial charge in [0.05, 0.1) is 11.9 Å². The summed E-state index contributed by atoms with van der Waals surface area (Å²) >= 11 is 0. The summed E-state index contributed by atoms with van der Waals surface area (Å²) in [4.78, 5) is 7.80. The molecule has 4 nitrogen and oxygen atoms in total. The lowest BCUT2D eigenvalue weighted by atomic mass is 9.89. The van der Waals surface area contributed by atoms with Crippen molar-refractivity contribution in [2.75, 3.05) is 18.4 Å². The molecule has 1 aliphatic heterocycles. The minimum absolute atomic E-state index is 0. The largest absolute Gasteiger partial charge is 0.433 e. The fourth-order valence-electron chi connectivity index (χ4n) is 3.52. The number of rotatable bonds is 4. The van der Waals surface area contributed by atoms with Crippen LogP contribution < -0.4 is 10.6 Å². The molecule has 8 heteroatoms. The molecule has 3 heterocycles. The molecule has 0 saturated carbocycles. The van der Waals surface area contributed by atoms with Crippen LogP contribution in [0.5, 0.6) is 0 Å². The van der Waals surface area contributed by atoms with Gasteiger partial charge in [0.25, 0.3) is 0 Å². The number of halogens is 4. The molecule has 1 aliphatic rings. The number of aromatic nitrogens is 2. The lowest BCUT2D eigenvalue weighted by Crippen LogP contribution is -2.26. The van der Waals surface area contributed by atoms with Gasteiger partial charge in [-0.15, -0.1) is 12.4 Å². The minimum atomic E-state index is -4.44. The van der Waals surface area contributed by atoms with E-state index in [4.69, 9.17) is 0 Å². The molecule has 1 aromatic carbocycles. The van der Waals surface area contributed by atoms with Gasteiger partial charge < -0.3 is 10.6 Å². The van der Waals surface area contributed by atoms with Crippen molar-refractivity contribution in [2.24, 2.45) is 0 Å². The van der Waals surface area contributed by atoms with Crippen molar-refractivity contribution in [1.82, 2.24) is 15.3 Å². The Bertz CT molecular complexity index is 936. The fraction of sp³-hybridized carbons (Fsp3) is 0.273. The van der Waals surface area contributed by atoms with Crippen LogP contribution in [-0.4, -0.2) is 23.1 Å². The molecular formula is C22H22ClF3N4. The molecule has 0 atom stereocenters. The van der Waals surface area contributed by atoms with Gasteiger partial charge in [-0.25, -0.2) is 9.97 Å². The summed E-state index contributed by atoms with van der Waals surface area (Å²) in [6.07, 6.45) is 0.791. The minimum Gasteiger partial charge on any atom is -0.339 e. The molecule has 1 saturated heterocycles. The number of hydrogen-bond donors (Lipinski definition) is 2. The zero-order valence-electron chi connectivity index (χ0n) is 16.1. The molecule has 2 N–H and O–H groups in total. The lowest BCUT2D eigenvalue weighted by molar-refractivity contribution is -0.141. The van der Waals surface area contributed by atoms with Gasteiger partial charge in [0, 0.05) is 11.8 Å². The molecule has 3 aromatic rings. The molecule has 0 radical (unpaired) electrons. The first-order valence-electron chi connectivity index (χ1n) is 9.56. The highest BCUT2D eigenvalue weighted by atomic mass is 35.5. The Balaban J connectivity index is 0.00000256. The summed E-state index contributed by atoms with van der Waals surface area (Å²) in [6.45, 7) is 2.14. The van der Waals surface area contributed by atoms with E-state index in [0.29, 0.717) is 17.4 Å². The highest BCUT2D eigenvalue weighted by Crippen LogP contribution is 2.29. The third kappa shape index (κ3) is 5.29. The van der Waals surface area contributed by atoms with E-state index >= 15 is 0 Å². The van der Waals surface area contributed by atoms with Crippen molar-refractivity contribution in [3.05, 3.63) is 72.2 Å². The van der Waals surface area contributed by atoms with Gasteiger partial charge in [-0.05, 0) is 67.2 Å². The van der Waals surface area contributed by atoms with Gasteiger partial charge in [-0.1, -0.05) is 24.3 Å². The maximum Gasteiger partial charge on any atom is 0.433 e. The van der Waals surface area contributed by atoms with Crippen molar-refractivity contribution in [3.8, 4) is 11.1 Å². The Labute approximate surface area is 179 Å². The van der Waals surface area contributed by atoms with Crippen LogP contribution >= 0.6 is 12.4 Å². The second kappa shape index (κ2) is 9.45. The highest BCUT2D eigenvalue weighted by Gasteiger charge is 2.32. The predicted molar refractivity (Wildman–Crippen MR) is 114 cm³/mol. The average molecular weight is 435 g/mol. The van der Waals surface area contributed by atoms with E-state index in [-0.39, 0.29) is 12.4 Å². The van der Waals surface area contributed by atoms with Crippen molar-refractivity contribution >= 4 is 23.9 Å². The SMILES string of the molecule is Cl.FC(F)(F)c1ccc(Nc2ccc(-c3ccc(C4CCNCC4)cc3)cn2)cn1. The van der Waals surface area contributed by atoms with E-state index in [0.717, 1.165) is 36.5 Å². The summed E-state index contributed by atoms with van der Waals surface area (Å²) in [5, 5.41) is 6.35. The maximum absolute atomic E-state index is 12.6. The molecule has 0 spiro atoms. The second-order valence-corrected chi connectivity index (χ2v) is 7.13. The smallest absolute Gasteiger partial charge is 0.339 e. The molecule has 0 unspecified atom stereocenters. The Kier molecular flexibility index (Phi) is 6.95. The zero-order chi connectivity index (χ0) is 20.3. The number of pyridine rings is 2. The summed E-state index contributed by atoms with van der Waals surface area (Å²) in [7, 11) is 0. The molecule has 2 aromatic heterocycles. The molecule has 1 fully saturated rings. The first-order chi connectivity index (χ1) is 14.0. The Morgan fingerprint density at radius 2 is 1.53 bits per heavy atom. The van der Waals surface area contributed by atoms with Crippen LogP contribution in [0.1, 0.15) is 30.0 Å². The van der Waals surface area contributed by atoms with E-state index in [9.17, 15) is 13.2 Å². The molecule has 0 amide bonds.